The van der Waals surface area contributed by atoms with Crippen molar-refractivity contribution in [1.29, 1.82) is 0 Å². The zero-order valence-electron chi connectivity index (χ0n) is 10.9. The van der Waals surface area contributed by atoms with E-state index in [0.29, 0.717) is 5.82 Å². The summed E-state index contributed by atoms with van der Waals surface area (Å²) in [6.45, 7) is 4.12. The molecule has 4 rings (SSSR count). The number of H-pyrrole nitrogens is 1. The number of allylic oxidation sites excluding steroid dienone is 1. The van der Waals surface area contributed by atoms with Gasteiger partial charge in [0.05, 0.1) is 23.6 Å². The zero-order chi connectivity index (χ0) is 13.7. The summed E-state index contributed by atoms with van der Waals surface area (Å²) in [5.74, 6) is 0.511. The quantitative estimate of drug-likeness (QED) is 0.664. The Hall–Kier alpha value is -2.56. The van der Waals surface area contributed by atoms with E-state index in [0.717, 1.165) is 41.6 Å². The van der Waals surface area contributed by atoms with Crippen LogP contribution in [0.5, 0.6) is 0 Å². The first-order valence-corrected chi connectivity index (χ1v) is 6.58. The van der Waals surface area contributed by atoms with Gasteiger partial charge in [0, 0.05) is 5.56 Å². The topological polar surface area (TPSA) is 80.7 Å². The van der Waals surface area contributed by atoms with E-state index in [9.17, 15) is 0 Å². The highest BCUT2D eigenvalue weighted by Crippen LogP contribution is 2.37. The fourth-order valence-corrected chi connectivity index (χ4v) is 2.94. The molecule has 0 atom stereocenters. The Bertz CT molecular complexity index is 814. The van der Waals surface area contributed by atoms with Gasteiger partial charge >= 0.3 is 0 Å². The Balaban J connectivity index is 2.09. The first-order valence-electron chi connectivity index (χ1n) is 6.58. The van der Waals surface area contributed by atoms with Crippen LogP contribution in [0.2, 0.25) is 0 Å². The van der Waals surface area contributed by atoms with Crippen molar-refractivity contribution in [3.63, 3.8) is 0 Å². The number of rotatable bonds is 1. The van der Waals surface area contributed by atoms with Crippen molar-refractivity contribution < 1.29 is 4.42 Å². The molecule has 3 heterocycles. The van der Waals surface area contributed by atoms with Crippen LogP contribution in [0.1, 0.15) is 17.5 Å². The number of nitrogens with two attached hydrogens (primary N) is 1. The van der Waals surface area contributed by atoms with Crippen LogP contribution >= 0.6 is 0 Å². The number of aromatic amines is 1. The Labute approximate surface area is 115 Å². The van der Waals surface area contributed by atoms with Crippen LogP contribution in [0, 0.1) is 0 Å². The highest BCUT2D eigenvalue weighted by atomic mass is 16.3. The predicted octanol–water partition coefficient (Wildman–Crippen LogP) is 2.84. The van der Waals surface area contributed by atoms with Crippen molar-refractivity contribution in [2.24, 2.45) is 0 Å². The Kier molecular flexibility index (Phi) is 2.24. The van der Waals surface area contributed by atoms with Crippen molar-refractivity contribution in [3.8, 4) is 11.3 Å². The van der Waals surface area contributed by atoms with E-state index in [4.69, 9.17) is 10.2 Å². The average molecular weight is 266 g/mol. The van der Waals surface area contributed by atoms with Gasteiger partial charge in [-0.15, -0.1) is 0 Å². The second-order valence-corrected chi connectivity index (χ2v) is 5.19. The number of anilines is 1. The first kappa shape index (κ1) is 11.3. The maximum absolute atomic E-state index is 5.98. The fourth-order valence-electron chi connectivity index (χ4n) is 2.94. The van der Waals surface area contributed by atoms with E-state index in [1.165, 1.54) is 16.7 Å². The molecule has 20 heavy (non-hydrogen) atoms. The van der Waals surface area contributed by atoms with Gasteiger partial charge in [-0.3, -0.25) is 5.10 Å². The molecule has 0 spiro atoms. The lowest BCUT2D eigenvalue weighted by atomic mass is 9.85. The van der Waals surface area contributed by atoms with E-state index in [1.807, 2.05) is 6.07 Å². The van der Waals surface area contributed by atoms with Gasteiger partial charge < -0.3 is 10.2 Å². The molecule has 1 aliphatic carbocycles. The summed E-state index contributed by atoms with van der Waals surface area (Å²) in [6, 6.07) is 1.93. The number of nitrogens with zero attached hydrogens (tertiary/aromatic N) is 2. The van der Waals surface area contributed by atoms with Gasteiger partial charge in [0.1, 0.15) is 0 Å². The van der Waals surface area contributed by atoms with E-state index >= 15 is 0 Å². The molecule has 0 fully saturated rings. The number of pyridine rings is 1. The average Bonchev–Trinajstić information content (AvgIpc) is 3.07. The van der Waals surface area contributed by atoms with Crippen LogP contribution in [0.4, 0.5) is 5.82 Å². The molecule has 0 saturated carbocycles. The van der Waals surface area contributed by atoms with E-state index in [1.54, 1.807) is 12.5 Å². The summed E-state index contributed by atoms with van der Waals surface area (Å²) >= 11 is 0. The monoisotopic (exact) mass is 266 g/mol. The SMILES string of the molecule is C=C1CCc2c(-c3ccoc3)nc3[nH]nc(N)c3c2C1. The van der Waals surface area contributed by atoms with Crippen LogP contribution in [0.15, 0.2) is 35.2 Å². The van der Waals surface area contributed by atoms with Crippen LogP contribution in [0.25, 0.3) is 22.3 Å². The Morgan fingerprint density at radius 2 is 2.20 bits per heavy atom. The number of hydrogen-bond donors (Lipinski definition) is 2. The molecular weight excluding hydrogens is 252 g/mol. The third-order valence-corrected chi connectivity index (χ3v) is 3.90. The summed E-state index contributed by atoms with van der Waals surface area (Å²) in [5, 5.41) is 7.94. The summed E-state index contributed by atoms with van der Waals surface area (Å²) in [4.78, 5) is 4.69. The fraction of sp³-hybridized carbons (Fsp3) is 0.200. The minimum Gasteiger partial charge on any atom is -0.472 e. The van der Waals surface area contributed by atoms with Crippen LogP contribution in [-0.2, 0) is 12.8 Å². The van der Waals surface area contributed by atoms with Gasteiger partial charge in [-0.1, -0.05) is 12.2 Å². The number of aromatic nitrogens is 3. The number of furan rings is 1. The highest BCUT2D eigenvalue weighted by Gasteiger charge is 2.23. The molecule has 100 valence electrons. The Morgan fingerprint density at radius 3 is 3.00 bits per heavy atom. The molecule has 1 aliphatic rings. The second-order valence-electron chi connectivity index (χ2n) is 5.19. The van der Waals surface area contributed by atoms with Gasteiger partial charge in [-0.25, -0.2) is 4.98 Å². The smallest absolute Gasteiger partial charge is 0.158 e. The summed E-state index contributed by atoms with van der Waals surface area (Å²) in [5.41, 5.74) is 12.3. The molecule has 0 aromatic carbocycles. The highest BCUT2D eigenvalue weighted by molar-refractivity contribution is 5.93. The molecular formula is C15H14N4O. The molecule has 5 heteroatoms. The third kappa shape index (κ3) is 1.49. The molecule has 3 N–H and O–H groups in total. The minimum absolute atomic E-state index is 0.511. The maximum atomic E-state index is 5.98. The molecule has 0 unspecified atom stereocenters. The van der Waals surface area contributed by atoms with Crippen LogP contribution in [-0.4, -0.2) is 15.2 Å². The number of fused-ring (bicyclic) bond motifs is 3. The summed E-state index contributed by atoms with van der Waals surface area (Å²) < 4.78 is 5.19. The van der Waals surface area contributed by atoms with E-state index in [-0.39, 0.29) is 0 Å². The lowest BCUT2D eigenvalue weighted by molar-refractivity contribution is 0.568. The van der Waals surface area contributed by atoms with Gasteiger partial charge in [0.25, 0.3) is 0 Å². The standard InChI is InChI=1S/C15H14N4O/c1-8-2-3-10-11(6-8)12-14(16)18-19-15(12)17-13(10)9-4-5-20-7-9/h4-5,7H,1-3,6H2,(H3,16,17,18,19). The van der Waals surface area contributed by atoms with Gasteiger partial charge in [0.2, 0.25) is 0 Å². The number of hydrogen-bond acceptors (Lipinski definition) is 4. The van der Waals surface area contributed by atoms with Crippen molar-refractivity contribution in [1.82, 2.24) is 15.2 Å². The molecule has 0 saturated heterocycles. The maximum Gasteiger partial charge on any atom is 0.158 e. The molecule has 3 aromatic heterocycles. The molecule has 0 aliphatic heterocycles. The van der Waals surface area contributed by atoms with Gasteiger partial charge in [0.15, 0.2) is 11.5 Å². The van der Waals surface area contributed by atoms with Crippen LogP contribution < -0.4 is 5.73 Å². The zero-order valence-corrected chi connectivity index (χ0v) is 10.9. The number of nitrogens with one attached hydrogen (secondary N) is 1. The lowest BCUT2D eigenvalue weighted by Gasteiger charge is -2.21. The van der Waals surface area contributed by atoms with Crippen molar-refractivity contribution in [2.75, 3.05) is 5.73 Å². The van der Waals surface area contributed by atoms with E-state index < -0.39 is 0 Å². The number of nitrogen functional groups attached to an aromatic ring is 1. The van der Waals surface area contributed by atoms with Crippen molar-refractivity contribution in [3.05, 3.63) is 41.9 Å². The normalized spacial score (nSPS) is 14.7. The first-order chi connectivity index (χ1) is 9.74. The van der Waals surface area contributed by atoms with Crippen molar-refractivity contribution >= 4 is 16.9 Å². The predicted molar refractivity (Wildman–Crippen MR) is 77.2 cm³/mol. The second kappa shape index (κ2) is 3.96. The molecule has 0 radical (unpaired) electrons. The van der Waals surface area contributed by atoms with E-state index in [2.05, 4.69) is 21.8 Å². The lowest BCUT2D eigenvalue weighted by Crippen LogP contribution is -2.09. The molecule has 3 aromatic rings. The largest absolute Gasteiger partial charge is 0.472 e. The molecule has 0 amide bonds. The summed E-state index contributed by atoms with van der Waals surface area (Å²) in [6.07, 6.45) is 6.14. The van der Waals surface area contributed by atoms with Gasteiger partial charge in [-0.05, 0) is 36.5 Å². The molecule has 0 bridgehead atoms. The molecule has 5 nitrogen and oxygen atoms in total. The third-order valence-electron chi connectivity index (χ3n) is 3.90. The van der Waals surface area contributed by atoms with Gasteiger partial charge in [-0.2, -0.15) is 5.10 Å². The van der Waals surface area contributed by atoms with Crippen LogP contribution in [0.3, 0.4) is 0 Å². The Morgan fingerprint density at radius 1 is 1.30 bits per heavy atom. The summed E-state index contributed by atoms with van der Waals surface area (Å²) in [7, 11) is 0. The minimum atomic E-state index is 0.511. The van der Waals surface area contributed by atoms with Crippen molar-refractivity contribution in [2.45, 2.75) is 19.3 Å².